The van der Waals surface area contributed by atoms with Gasteiger partial charge in [-0.3, -0.25) is 5.41 Å². The third kappa shape index (κ3) is 3.56. The Kier molecular flexibility index (Phi) is 6.47. The maximum atomic E-state index is 9.99. The molecule has 0 amide bonds. The van der Waals surface area contributed by atoms with Crippen LogP contribution in [0.1, 0.15) is 36.0 Å². The molecule has 21 heavy (non-hydrogen) atoms. The Morgan fingerprint density at radius 2 is 1.90 bits per heavy atom. The van der Waals surface area contributed by atoms with Gasteiger partial charge in [0.25, 0.3) is 0 Å². The largest absolute Gasteiger partial charge is 0.507 e. The van der Waals surface area contributed by atoms with Crippen LogP contribution in [0.5, 0.6) is 5.75 Å². The molecule has 0 saturated carbocycles. The summed E-state index contributed by atoms with van der Waals surface area (Å²) in [6.07, 6.45) is 0.587. The molecule has 2 rings (SSSR count). The number of halogens is 2. The molecule has 0 bridgehead atoms. The average molecular weight is 333 g/mol. The number of benzene rings is 1. The maximum absolute atomic E-state index is 9.99. The smallest absolute Gasteiger partial charge is 0.211 e. The van der Waals surface area contributed by atoms with E-state index in [2.05, 4.69) is 10.2 Å². The van der Waals surface area contributed by atoms with Crippen LogP contribution in [0.3, 0.4) is 0 Å². The molecule has 8 N–H and O–H groups in total. The molecular weight excluding hydrogens is 315 g/mol. The fourth-order valence-corrected chi connectivity index (χ4v) is 2.36. The van der Waals surface area contributed by atoms with Crippen molar-refractivity contribution in [3.05, 3.63) is 28.8 Å². The fraction of sp³-hybridized carbons (Fsp3) is 0.250. The molecule has 0 fully saturated rings. The Hall–Kier alpha value is -1.99. The summed E-state index contributed by atoms with van der Waals surface area (Å²) < 4.78 is 0. The van der Waals surface area contributed by atoms with Gasteiger partial charge in [-0.15, -0.1) is 29.9 Å². The Morgan fingerprint density at radius 1 is 1.29 bits per heavy atom. The van der Waals surface area contributed by atoms with Crippen LogP contribution in [0.4, 0.5) is 0 Å². The van der Waals surface area contributed by atoms with Gasteiger partial charge < -0.3 is 22.3 Å². The molecule has 0 spiro atoms. The molecule has 1 aromatic carbocycles. The number of phenols is 1. The number of hydrogen-bond donors (Lipinski definition) is 5. The number of guanidine groups is 1. The SMILES string of the molecule is CC1CC(=NN=C(N)N)c2c(O)ccc(C(=N)N)c21.Cl.Cl. The molecule has 1 aromatic rings. The first-order chi connectivity index (χ1) is 8.91. The number of amidine groups is 1. The van der Waals surface area contributed by atoms with Crippen molar-refractivity contribution in [3.63, 3.8) is 0 Å². The van der Waals surface area contributed by atoms with Crippen molar-refractivity contribution in [2.45, 2.75) is 19.3 Å². The molecule has 0 radical (unpaired) electrons. The number of nitrogens with zero attached hydrogens (tertiary/aromatic N) is 2. The van der Waals surface area contributed by atoms with Gasteiger partial charge in [-0.1, -0.05) is 6.92 Å². The minimum Gasteiger partial charge on any atom is -0.507 e. The summed E-state index contributed by atoms with van der Waals surface area (Å²) in [5.74, 6) is 0.00449. The van der Waals surface area contributed by atoms with Crippen LogP contribution in [0, 0.1) is 5.41 Å². The van der Waals surface area contributed by atoms with Gasteiger partial charge >= 0.3 is 0 Å². The van der Waals surface area contributed by atoms with Gasteiger partial charge in [0.05, 0.1) is 5.71 Å². The van der Waals surface area contributed by atoms with Crippen molar-refractivity contribution in [2.24, 2.45) is 27.4 Å². The number of nitrogen functional groups attached to an aromatic ring is 1. The number of nitrogens with two attached hydrogens (primary N) is 3. The van der Waals surface area contributed by atoms with E-state index in [-0.39, 0.29) is 48.3 Å². The number of fused-ring (bicyclic) bond motifs is 1. The summed E-state index contributed by atoms with van der Waals surface area (Å²) >= 11 is 0. The van der Waals surface area contributed by atoms with E-state index in [1.165, 1.54) is 6.07 Å². The van der Waals surface area contributed by atoms with Crippen LogP contribution in [-0.4, -0.2) is 22.6 Å². The lowest BCUT2D eigenvalue weighted by molar-refractivity contribution is 0.473. The number of nitrogens with one attached hydrogen (secondary N) is 1. The Balaban J connectivity index is 0.00000200. The summed E-state index contributed by atoms with van der Waals surface area (Å²) in [4.78, 5) is 0. The molecule has 7 nitrogen and oxygen atoms in total. The van der Waals surface area contributed by atoms with Crippen LogP contribution in [0.2, 0.25) is 0 Å². The van der Waals surface area contributed by atoms with Crippen LogP contribution < -0.4 is 17.2 Å². The van der Waals surface area contributed by atoms with E-state index in [0.29, 0.717) is 23.3 Å². The van der Waals surface area contributed by atoms with E-state index in [9.17, 15) is 5.11 Å². The first-order valence-electron chi connectivity index (χ1n) is 5.78. The third-order valence-electron chi connectivity index (χ3n) is 3.08. The second-order valence-corrected chi connectivity index (χ2v) is 4.51. The number of hydrogen-bond acceptors (Lipinski definition) is 4. The van der Waals surface area contributed by atoms with Gasteiger partial charge in [-0.25, -0.2) is 0 Å². The highest BCUT2D eigenvalue weighted by Gasteiger charge is 2.30. The highest BCUT2D eigenvalue weighted by Crippen LogP contribution is 2.40. The van der Waals surface area contributed by atoms with Gasteiger partial charge in [0.15, 0.2) is 0 Å². The number of phenolic OH excluding ortho intramolecular Hbond substituents is 1. The molecule has 1 atom stereocenters. The van der Waals surface area contributed by atoms with Crippen molar-refractivity contribution < 1.29 is 5.11 Å². The summed E-state index contributed by atoms with van der Waals surface area (Å²) in [5, 5.41) is 25.2. The van der Waals surface area contributed by atoms with Crippen molar-refractivity contribution in [1.29, 1.82) is 5.41 Å². The fourth-order valence-electron chi connectivity index (χ4n) is 2.36. The van der Waals surface area contributed by atoms with E-state index in [0.717, 1.165) is 5.56 Å². The zero-order valence-electron chi connectivity index (χ0n) is 11.3. The molecular formula is C12H18Cl2N6O. The second kappa shape index (κ2) is 7.14. The first-order valence-corrected chi connectivity index (χ1v) is 5.78. The zero-order chi connectivity index (χ0) is 14.2. The van der Waals surface area contributed by atoms with Crippen LogP contribution >= 0.6 is 24.8 Å². The Labute approximate surface area is 134 Å². The van der Waals surface area contributed by atoms with Crippen molar-refractivity contribution in [1.82, 2.24) is 0 Å². The van der Waals surface area contributed by atoms with Gasteiger partial charge in [-0.05, 0) is 30.0 Å². The normalized spacial score (nSPS) is 17.4. The lowest BCUT2D eigenvalue weighted by Crippen LogP contribution is -2.22. The van der Waals surface area contributed by atoms with E-state index in [1.807, 2.05) is 6.92 Å². The summed E-state index contributed by atoms with van der Waals surface area (Å²) in [7, 11) is 0. The molecule has 0 saturated heterocycles. The third-order valence-corrected chi connectivity index (χ3v) is 3.08. The minimum atomic E-state index is -0.143. The monoisotopic (exact) mass is 332 g/mol. The average Bonchev–Trinajstić information content (AvgIpc) is 2.65. The van der Waals surface area contributed by atoms with E-state index in [4.69, 9.17) is 22.6 Å². The Morgan fingerprint density at radius 3 is 2.43 bits per heavy atom. The lowest BCUT2D eigenvalue weighted by Gasteiger charge is -2.11. The highest BCUT2D eigenvalue weighted by atomic mass is 35.5. The van der Waals surface area contributed by atoms with Crippen molar-refractivity contribution >= 4 is 42.3 Å². The minimum absolute atomic E-state index is 0. The topological polar surface area (TPSA) is 147 Å². The lowest BCUT2D eigenvalue weighted by atomic mass is 9.96. The molecule has 0 aliphatic heterocycles. The van der Waals surface area contributed by atoms with Crippen molar-refractivity contribution in [2.75, 3.05) is 0 Å². The molecule has 116 valence electrons. The van der Waals surface area contributed by atoms with Crippen LogP contribution in [0.25, 0.3) is 0 Å². The molecule has 1 aliphatic carbocycles. The standard InChI is InChI=1S/C12H16N6O.2ClH/c1-5-4-7(17-18-12(15)16)10-8(19)3-2-6(9(5)10)11(13)14;;/h2-3,5,19H,4H2,1H3,(H3,13,14)(H4,15,16,18);2*1H. The van der Waals surface area contributed by atoms with Gasteiger partial charge in [0, 0.05) is 11.1 Å². The number of rotatable bonds is 2. The maximum Gasteiger partial charge on any atom is 0.211 e. The van der Waals surface area contributed by atoms with Gasteiger partial charge in [0.1, 0.15) is 11.6 Å². The van der Waals surface area contributed by atoms with Crippen LogP contribution in [-0.2, 0) is 0 Å². The Bertz CT molecular complexity index is 610. The molecule has 9 heteroatoms. The molecule has 0 heterocycles. The van der Waals surface area contributed by atoms with Gasteiger partial charge in [-0.2, -0.15) is 5.10 Å². The highest BCUT2D eigenvalue weighted by molar-refractivity contribution is 6.11. The molecule has 1 aliphatic rings. The summed E-state index contributed by atoms with van der Waals surface area (Å²) in [6, 6.07) is 3.13. The summed E-state index contributed by atoms with van der Waals surface area (Å²) in [5.41, 5.74) is 18.6. The predicted molar refractivity (Wildman–Crippen MR) is 89.0 cm³/mol. The van der Waals surface area contributed by atoms with E-state index >= 15 is 0 Å². The first kappa shape index (κ1) is 19.0. The van der Waals surface area contributed by atoms with E-state index in [1.54, 1.807) is 6.07 Å². The van der Waals surface area contributed by atoms with Crippen LogP contribution in [0.15, 0.2) is 22.3 Å². The van der Waals surface area contributed by atoms with E-state index < -0.39 is 0 Å². The second-order valence-electron chi connectivity index (χ2n) is 4.51. The molecule has 1 unspecified atom stereocenters. The quantitative estimate of drug-likeness (QED) is 0.312. The molecule has 0 aromatic heterocycles. The summed E-state index contributed by atoms with van der Waals surface area (Å²) in [6.45, 7) is 1.97. The zero-order valence-corrected chi connectivity index (χ0v) is 13.0. The van der Waals surface area contributed by atoms with Gasteiger partial charge in [0.2, 0.25) is 5.96 Å². The number of aromatic hydroxyl groups is 1. The van der Waals surface area contributed by atoms with Crippen molar-refractivity contribution in [3.8, 4) is 5.75 Å². The predicted octanol–water partition coefficient (Wildman–Crippen LogP) is 1.00.